The van der Waals surface area contributed by atoms with Gasteiger partial charge in [-0.1, -0.05) is 28.1 Å². The molecule has 0 saturated heterocycles. The molecule has 104 valence electrons. The minimum absolute atomic E-state index is 0.0899. The molecule has 0 aliphatic rings. The van der Waals surface area contributed by atoms with Crippen LogP contribution in [0.5, 0.6) is 0 Å². The van der Waals surface area contributed by atoms with Crippen molar-refractivity contribution in [1.29, 1.82) is 0 Å². The third-order valence-corrected chi connectivity index (χ3v) is 3.23. The van der Waals surface area contributed by atoms with Gasteiger partial charge >= 0.3 is 5.97 Å². The molecule has 1 aromatic carbocycles. The summed E-state index contributed by atoms with van der Waals surface area (Å²) in [6, 6.07) is 9.30. The molecule has 0 bridgehead atoms. The molecule has 20 heavy (non-hydrogen) atoms. The Labute approximate surface area is 123 Å². The molecule has 5 nitrogen and oxygen atoms in total. The lowest BCUT2D eigenvalue weighted by Crippen LogP contribution is -2.42. The Morgan fingerprint density at radius 2 is 1.95 bits per heavy atom. The van der Waals surface area contributed by atoms with Crippen LogP contribution in [0.3, 0.4) is 0 Å². The number of carbonyl (C=O) groups excluding carboxylic acids is 1. The van der Waals surface area contributed by atoms with Crippen molar-refractivity contribution < 1.29 is 19.1 Å². The summed E-state index contributed by atoms with van der Waals surface area (Å²) in [5, 5.41) is 11.6. The zero-order chi connectivity index (χ0) is 14.5. The van der Waals surface area contributed by atoms with Gasteiger partial charge in [0.25, 0.3) is 5.91 Å². The van der Waals surface area contributed by atoms with Gasteiger partial charge < -0.3 is 14.8 Å². The fraction of sp³-hybridized carbons (Fsp3) is 0.143. The Bertz CT molecular complexity index is 592. The van der Waals surface area contributed by atoms with E-state index in [1.807, 2.05) is 12.1 Å². The van der Waals surface area contributed by atoms with Crippen molar-refractivity contribution in [3.8, 4) is 0 Å². The van der Waals surface area contributed by atoms with Gasteiger partial charge in [-0.2, -0.15) is 0 Å². The van der Waals surface area contributed by atoms with E-state index in [2.05, 4.69) is 21.2 Å². The first-order valence-electron chi connectivity index (χ1n) is 5.88. The number of hydrogen-bond donors (Lipinski definition) is 2. The van der Waals surface area contributed by atoms with Crippen LogP contribution in [0, 0.1) is 0 Å². The van der Waals surface area contributed by atoms with E-state index >= 15 is 0 Å². The molecule has 1 aromatic heterocycles. The van der Waals surface area contributed by atoms with Crippen LogP contribution < -0.4 is 5.32 Å². The van der Waals surface area contributed by atoms with E-state index in [0.29, 0.717) is 0 Å². The van der Waals surface area contributed by atoms with Gasteiger partial charge in [0.1, 0.15) is 6.04 Å². The maximum atomic E-state index is 11.8. The third kappa shape index (κ3) is 3.71. The normalized spacial score (nSPS) is 11.8. The Morgan fingerprint density at radius 3 is 2.50 bits per heavy atom. The minimum Gasteiger partial charge on any atom is -0.480 e. The quantitative estimate of drug-likeness (QED) is 0.878. The summed E-state index contributed by atoms with van der Waals surface area (Å²) in [4.78, 5) is 23.0. The first-order valence-corrected chi connectivity index (χ1v) is 6.67. The van der Waals surface area contributed by atoms with Crippen LogP contribution in [0.2, 0.25) is 0 Å². The highest BCUT2D eigenvalue weighted by Crippen LogP contribution is 2.12. The molecular formula is C14H12BrNO4. The number of hydrogen-bond acceptors (Lipinski definition) is 3. The summed E-state index contributed by atoms with van der Waals surface area (Å²) >= 11 is 3.31. The van der Waals surface area contributed by atoms with Gasteiger partial charge in [0.05, 0.1) is 6.26 Å². The van der Waals surface area contributed by atoms with Gasteiger partial charge in [-0.05, 0) is 29.8 Å². The van der Waals surface area contributed by atoms with Gasteiger partial charge in [-0.15, -0.1) is 0 Å². The summed E-state index contributed by atoms with van der Waals surface area (Å²) in [6.07, 6.45) is 1.56. The van der Waals surface area contributed by atoms with E-state index in [-0.39, 0.29) is 12.2 Å². The van der Waals surface area contributed by atoms with E-state index in [9.17, 15) is 14.7 Å². The van der Waals surface area contributed by atoms with Crippen molar-refractivity contribution in [1.82, 2.24) is 5.32 Å². The van der Waals surface area contributed by atoms with Gasteiger partial charge in [-0.25, -0.2) is 4.79 Å². The van der Waals surface area contributed by atoms with E-state index in [0.717, 1.165) is 10.0 Å². The molecule has 0 fully saturated rings. The van der Waals surface area contributed by atoms with Crippen LogP contribution in [-0.4, -0.2) is 23.0 Å². The maximum absolute atomic E-state index is 11.8. The van der Waals surface area contributed by atoms with Gasteiger partial charge in [0.2, 0.25) is 0 Å². The Morgan fingerprint density at radius 1 is 1.25 bits per heavy atom. The number of furan rings is 1. The molecule has 1 amide bonds. The number of halogens is 1. The summed E-state index contributed by atoms with van der Waals surface area (Å²) < 4.78 is 5.84. The fourth-order valence-electron chi connectivity index (χ4n) is 1.69. The monoisotopic (exact) mass is 337 g/mol. The maximum Gasteiger partial charge on any atom is 0.326 e. The molecule has 0 unspecified atom stereocenters. The zero-order valence-electron chi connectivity index (χ0n) is 10.4. The number of amides is 1. The third-order valence-electron chi connectivity index (χ3n) is 2.70. The standard InChI is InChI=1S/C14H12BrNO4/c15-10-5-3-9(4-6-10)8-11(14(18)19)16-13(17)12-2-1-7-20-12/h1-7,11H,8H2,(H,16,17)(H,18,19)/t11-/m0/s1. The minimum atomic E-state index is -1.09. The number of carboxylic acids is 1. The summed E-state index contributed by atoms with van der Waals surface area (Å²) in [5.41, 5.74) is 0.820. The average Bonchev–Trinajstić information content (AvgIpc) is 2.94. The Kier molecular flexibility index (Phi) is 4.57. The largest absolute Gasteiger partial charge is 0.480 e. The lowest BCUT2D eigenvalue weighted by molar-refractivity contribution is -0.139. The highest BCUT2D eigenvalue weighted by atomic mass is 79.9. The van der Waals surface area contributed by atoms with Crippen molar-refractivity contribution in [2.75, 3.05) is 0 Å². The van der Waals surface area contributed by atoms with E-state index < -0.39 is 17.9 Å². The van der Waals surface area contributed by atoms with Gasteiger partial charge in [0, 0.05) is 10.9 Å². The average molecular weight is 338 g/mol. The number of carboxylic acid groups (broad SMARTS) is 1. The van der Waals surface area contributed by atoms with Crippen LogP contribution >= 0.6 is 15.9 Å². The molecule has 0 aliphatic heterocycles. The molecule has 1 heterocycles. The summed E-state index contributed by atoms with van der Waals surface area (Å²) in [7, 11) is 0. The van der Waals surface area contributed by atoms with E-state index in [1.165, 1.54) is 12.3 Å². The highest BCUT2D eigenvalue weighted by Gasteiger charge is 2.22. The summed E-state index contributed by atoms with van der Waals surface area (Å²) in [6.45, 7) is 0. The van der Waals surface area contributed by atoms with Crippen molar-refractivity contribution in [2.45, 2.75) is 12.5 Å². The number of aliphatic carboxylic acids is 1. The number of nitrogens with one attached hydrogen (secondary N) is 1. The first kappa shape index (κ1) is 14.3. The number of benzene rings is 1. The second kappa shape index (κ2) is 6.38. The van der Waals surface area contributed by atoms with Crippen LogP contribution in [0.15, 0.2) is 51.6 Å². The summed E-state index contributed by atoms with van der Waals surface area (Å²) in [5.74, 6) is -1.54. The van der Waals surface area contributed by atoms with Crippen molar-refractivity contribution >= 4 is 27.8 Å². The van der Waals surface area contributed by atoms with E-state index in [1.54, 1.807) is 18.2 Å². The van der Waals surface area contributed by atoms with Crippen LogP contribution in [-0.2, 0) is 11.2 Å². The molecule has 0 aliphatic carbocycles. The van der Waals surface area contributed by atoms with E-state index in [4.69, 9.17) is 4.42 Å². The fourth-order valence-corrected chi connectivity index (χ4v) is 1.96. The van der Waals surface area contributed by atoms with Crippen molar-refractivity contribution in [3.63, 3.8) is 0 Å². The molecule has 2 rings (SSSR count). The van der Waals surface area contributed by atoms with Gasteiger partial charge in [0.15, 0.2) is 5.76 Å². The molecular weight excluding hydrogens is 326 g/mol. The number of rotatable bonds is 5. The van der Waals surface area contributed by atoms with Crippen molar-refractivity contribution in [2.24, 2.45) is 0 Å². The highest BCUT2D eigenvalue weighted by molar-refractivity contribution is 9.10. The van der Waals surface area contributed by atoms with Crippen LogP contribution in [0.1, 0.15) is 16.1 Å². The second-order valence-corrected chi connectivity index (χ2v) is 5.09. The van der Waals surface area contributed by atoms with Crippen molar-refractivity contribution in [3.05, 3.63) is 58.5 Å². The molecule has 0 spiro atoms. The number of carbonyl (C=O) groups is 2. The molecule has 0 radical (unpaired) electrons. The molecule has 1 atom stereocenters. The molecule has 2 N–H and O–H groups in total. The Balaban J connectivity index is 2.06. The predicted molar refractivity (Wildman–Crippen MR) is 75.4 cm³/mol. The molecule has 2 aromatic rings. The second-order valence-electron chi connectivity index (χ2n) is 4.17. The molecule has 0 saturated carbocycles. The lowest BCUT2D eigenvalue weighted by Gasteiger charge is -2.13. The lowest BCUT2D eigenvalue weighted by atomic mass is 10.1. The SMILES string of the molecule is O=C(N[C@@H](Cc1ccc(Br)cc1)C(=O)O)c1ccco1. The van der Waals surface area contributed by atoms with Gasteiger partial charge in [-0.3, -0.25) is 4.79 Å². The topological polar surface area (TPSA) is 79.5 Å². The zero-order valence-corrected chi connectivity index (χ0v) is 12.0. The Hall–Kier alpha value is -2.08. The van der Waals surface area contributed by atoms with Crippen LogP contribution in [0.4, 0.5) is 0 Å². The van der Waals surface area contributed by atoms with Crippen LogP contribution in [0.25, 0.3) is 0 Å². The smallest absolute Gasteiger partial charge is 0.326 e. The predicted octanol–water partition coefficient (Wildman–Crippen LogP) is 2.47. The molecule has 6 heteroatoms. The first-order chi connectivity index (χ1) is 9.56.